The predicted octanol–water partition coefficient (Wildman–Crippen LogP) is 2.84. The maximum atomic E-state index is 11.5. The van der Waals surface area contributed by atoms with Crippen LogP contribution in [0.4, 0.5) is 0 Å². The Labute approximate surface area is 107 Å². The highest BCUT2D eigenvalue weighted by Crippen LogP contribution is 2.08. The Morgan fingerprint density at radius 3 is 2.35 bits per heavy atom. The largest absolute Gasteiger partial charge is 0.355 e. The first kappa shape index (κ1) is 16.4. The van der Waals surface area contributed by atoms with Gasteiger partial charge < -0.3 is 11.1 Å². The standard InChI is InChI=1S/C14H30N2O/c1-4-9-13(15)14(17)16-11-8-6-5-7-10-12(2)3/h12-13H,4-11,15H2,1-3H3,(H,16,17)/t13-/m1/s1. The van der Waals surface area contributed by atoms with Crippen LogP contribution in [0.25, 0.3) is 0 Å². The van der Waals surface area contributed by atoms with E-state index in [2.05, 4.69) is 19.2 Å². The minimum absolute atomic E-state index is 0.00836. The van der Waals surface area contributed by atoms with E-state index in [-0.39, 0.29) is 11.9 Å². The van der Waals surface area contributed by atoms with Crippen molar-refractivity contribution in [1.82, 2.24) is 5.32 Å². The van der Waals surface area contributed by atoms with E-state index in [1.54, 1.807) is 0 Å². The lowest BCUT2D eigenvalue weighted by Gasteiger charge is -2.11. The molecule has 0 aliphatic carbocycles. The van der Waals surface area contributed by atoms with Crippen LogP contribution >= 0.6 is 0 Å². The van der Waals surface area contributed by atoms with Crippen molar-refractivity contribution in [2.75, 3.05) is 6.54 Å². The second-order valence-corrected chi connectivity index (χ2v) is 5.28. The number of hydrogen-bond donors (Lipinski definition) is 2. The monoisotopic (exact) mass is 242 g/mol. The van der Waals surface area contributed by atoms with Crippen molar-refractivity contribution in [3.05, 3.63) is 0 Å². The summed E-state index contributed by atoms with van der Waals surface area (Å²) in [4.78, 5) is 11.5. The smallest absolute Gasteiger partial charge is 0.236 e. The number of carbonyl (C=O) groups is 1. The van der Waals surface area contributed by atoms with E-state index in [9.17, 15) is 4.79 Å². The van der Waals surface area contributed by atoms with Gasteiger partial charge in [-0.25, -0.2) is 0 Å². The fourth-order valence-corrected chi connectivity index (χ4v) is 1.82. The zero-order valence-electron chi connectivity index (χ0n) is 11.8. The predicted molar refractivity (Wildman–Crippen MR) is 73.8 cm³/mol. The molecule has 0 bridgehead atoms. The SMILES string of the molecule is CCC[C@@H](N)C(=O)NCCCCCCC(C)C. The van der Waals surface area contributed by atoms with Gasteiger partial charge in [0.25, 0.3) is 0 Å². The molecule has 0 fully saturated rings. The summed E-state index contributed by atoms with van der Waals surface area (Å²) in [7, 11) is 0. The highest BCUT2D eigenvalue weighted by atomic mass is 16.2. The van der Waals surface area contributed by atoms with E-state index in [1.807, 2.05) is 6.92 Å². The van der Waals surface area contributed by atoms with Crippen molar-refractivity contribution >= 4 is 5.91 Å². The van der Waals surface area contributed by atoms with E-state index in [4.69, 9.17) is 5.73 Å². The average Bonchev–Trinajstić information content (AvgIpc) is 2.27. The van der Waals surface area contributed by atoms with Crippen LogP contribution in [0.2, 0.25) is 0 Å². The summed E-state index contributed by atoms with van der Waals surface area (Å²) in [6.07, 6.45) is 7.91. The van der Waals surface area contributed by atoms with Crippen molar-refractivity contribution in [3.8, 4) is 0 Å². The zero-order chi connectivity index (χ0) is 13.1. The fourth-order valence-electron chi connectivity index (χ4n) is 1.82. The molecule has 3 nitrogen and oxygen atoms in total. The van der Waals surface area contributed by atoms with Gasteiger partial charge in [0.1, 0.15) is 0 Å². The van der Waals surface area contributed by atoms with Crippen LogP contribution in [-0.4, -0.2) is 18.5 Å². The third kappa shape index (κ3) is 10.3. The van der Waals surface area contributed by atoms with Crippen LogP contribution in [-0.2, 0) is 4.79 Å². The minimum atomic E-state index is -0.319. The van der Waals surface area contributed by atoms with Gasteiger partial charge in [0, 0.05) is 6.54 Å². The van der Waals surface area contributed by atoms with Crippen LogP contribution in [0.1, 0.15) is 65.7 Å². The van der Waals surface area contributed by atoms with Crippen LogP contribution in [0.5, 0.6) is 0 Å². The summed E-state index contributed by atoms with van der Waals surface area (Å²) in [6.45, 7) is 7.34. The van der Waals surface area contributed by atoms with E-state index in [0.29, 0.717) is 0 Å². The van der Waals surface area contributed by atoms with Gasteiger partial charge >= 0.3 is 0 Å². The second kappa shape index (κ2) is 10.6. The molecule has 0 saturated carbocycles. The molecule has 0 aliphatic rings. The first-order valence-corrected chi connectivity index (χ1v) is 7.11. The van der Waals surface area contributed by atoms with Gasteiger partial charge in [-0.05, 0) is 18.8 Å². The maximum Gasteiger partial charge on any atom is 0.236 e. The number of rotatable bonds is 10. The van der Waals surface area contributed by atoms with Crippen molar-refractivity contribution in [2.45, 2.75) is 71.8 Å². The van der Waals surface area contributed by atoms with Crippen LogP contribution in [0.15, 0.2) is 0 Å². The highest BCUT2D eigenvalue weighted by Gasteiger charge is 2.10. The van der Waals surface area contributed by atoms with E-state index in [1.165, 1.54) is 25.7 Å². The van der Waals surface area contributed by atoms with Gasteiger partial charge in [0.15, 0.2) is 0 Å². The lowest BCUT2D eigenvalue weighted by molar-refractivity contribution is -0.122. The Balaban J connectivity index is 3.30. The van der Waals surface area contributed by atoms with Gasteiger partial charge in [-0.2, -0.15) is 0 Å². The molecule has 0 aromatic heterocycles. The molecule has 0 unspecified atom stereocenters. The number of unbranched alkanes of at least 4 members (excludes halogenated alkanes) is 3. The quantitative estimate of drug-likeness (QED) is 0.579. The topological polar surface area (TPSA) is 55.1 Å². The van der Waals surface area contributed by atoms with Crippen molar-refractivity contribution in [3.63, 3.8) is 0 Å². The van der Waals surface area contributed by atoms with Gasteiger partial charge in [-0.3, -0.25) is 4.79 Å². The summed E-state index contributed by atoms with van der Waals surface area (Å²) >= 11 is 0. The van der Waals surface area contributed by atoms with Crippen LogP contribution in [0.3, 0.4) is 0 Å². The Morgan fingerprint density at radius 1 is 1.12 bits per heavy atom. The molecule has 102 valence electrons. The Kier molecular flexibility index (Phi) is 10.2. The molecule has 0 radical (unpaired) electrons. The number of nitrogens with one attached hydrogen (secondary N) is 1. The summed E-state index contributed by atoms with van der Waals surface area (Å²) in [5.41, 5.74) is 5.71. The van der Waals surface area contributed by atoms with Gasteiger partial charge in [0.2, 0.25) is 5.91 Å². The molecule has 0 saturated heterocycles. The van der Waals surface area contributed by atoms with Gasteiger partial charge in [0.05, 0.1) is 6.04 Å². The van der Waals surface area contributed by atoms with Crippen LogP contribution in [0, 0.1) is 5.92 Å². The summed E-state index contributed by atoms with van der Waals surface area (Å²) in [5, 5.41) is 2.90. The highest BCUT2D eigenvalue weighted by molar-refractivity contribution is 5.81. The average molecular weight is 242 g/mol. The molecule has 0 rings (SSSR count). The number of nitrogens with two attached hydrogens (primary N) is 1. The molecular weight excluding hydrogens is 212 g/mol. The summed E-state index contributed by atoms with van der Waals surface area (Å²) in [6, 6.07) is -0.319. The van der Waals surface area contributed by atoms with Gasteiger partial charge in [-0.15, -0.1) is 0 Å². The van der Waals surface area contributed by atoms with E-state index >= 15 is 0 Å². The molecular formula is C14H30N2O. The molecule has 17 heavy (non-hydrogen) atoms. The third-order valence-corrected chi connectivity index (χ3v) is 2.94. The molecule has 0 aromatic carbocycles. The number of amides is 1. The Morgan fingerprint density at radius 2 is 1.76 bits per heavy atom. The van der Waals surface area contributed by atoms with Crippen LogP contribution < -0.4 is 11.1 Å². The number of hydrogen-bond acceptors (Lipinski definition) is 2. The molecule has 3 N–H and O–H groups in total. The molecule has 3 heteroatoms. The molecule has 1 amide bonds. The normalized spacial score (nSPS) is 12.8. The third-order valence-electron chi connectivity index (χ3n) is 2.94. The molecule has 0 spiro atoms. The van der Waals surface area contributed by atoms with Crippen molar-refractivity contribution in [2.24, 2.45) is 11.7 Å². The maximum absolute atomic E-state index is 11.5. The Bertz CT molecular complexity index is 193. The first-order chi connectivity index (χ1) is 8.07. The van der Waals surface area contributed by atoms with Gasteiger partial charge in [-0.1, -0.05) is 52.9 Å². The minimum Gasteiger partial charge on any atom is -0.355 e. The molecule has 0 heterocycles. The zero-order valence-corrected chi connectivity index (χ0v) is 11.8. The lowest BCUT2D eigenvalue weighted by Crippen LogP contribution is -2.40. The second-order valence-electron chi connectivity index (χ2n) is 5.28. The molecule has 1 atom stereocenters. The first-order valence-electron chi connectivity index (χ1n) is 7.11. The fraction of sp³-hybridized carbons (Fsp3) is 0.929. The van der Waals surface area contributed by atoms with E-state index in [0.717, 1.165) is 31.7 Å². The summed E-state index contributed by atoms with van der Waals surface area (Å²) < 4.78 is 0. The Hall–Kier alpha value is -0.570. The number of carbonyl (C=O) groups excluding carboxylic acids is 1. The van der Waals surface area contributed by atoms with Crippen molar-refractivity contribution in [1.29, 1.82) is 0 Å². The summed E-state index contributed by atoms with van der Waals surface area (Å²) in [5.74, 6) is 0.816. The molecule has 0 aromatic rings. The molecule has 0 aliphatic heterocycles. The lowest BCUT2D eigenvalue weighted by atomic mass is 10.0. The van der Waals surface area contributed by atoms with E-state index < -0.39 is 0 Å². The van der Waals surface area contributed by atoms with Crippen molar-refractivity contribution < 1.29 is 4.79 Å².